The van der Waals surface area contributed by atoms with Gasteiger partial charge in [0.05, 0.1) is 9.85 Å². The Morgan fingerprint density at radius 2 is 1.21 bits per heavy atom. The Bertz CT molecular complexity index is 874. The van der Waals surface area contributed by atoms with Crippen LogP contribution in [0.1, 0.15) is 27.7 Å². The first-order chi connectivity index (χ1) is 13.6. The van der Waals surface area contributed by atoms with Crippen LogP contribution in [0.4, 0.5) is 11.4 Å². The largest absolute Gasteiger partial charge is 0.296 e. The summed E-state index contributed by atoms with van der Waals surface area (Å²) in [7, 11) is -3.55. The minimum Gasteiger partial charge on any atom is -0.296 e. The number of hydrogen-bond acceptors (Lipinski definition) is 5. The van der Waals surface area contributed by atoms with E-state index in [4.69, 9.17) is 0 Å². The predicted molar refractivity (Wildman–Crippen MR) is 114 cm³/mol. The van der Waals surface area contributed by atoms with Crippen molar-refractivity contribution in [3.63, 3.8) is 0 Å². The van der Waals surface area contributed by atoms with Crippen LogP contribution in [0.2, 0.25) is 0 Å². The third-order valence-corrected chi connectivity index (χ3v) is 7.41. The number of hydrogen-bond donors (Lipinski definition) is 0. The van der Waals surface area contributed by atoms with Crippen LogP contribution in [0, 0.1) is 32.1 Å². The third-order valence-electron chi connectivity index (χ3n) is 4.33. The van der Waals surface area contributed by atoms with E-state index in [9.17, 15) is 24.8 Å². The van der Waals surface area contributed by atoms with Crippen molar-refractivity contribution in [1.29, 1.82) is 0 Å². The number of nitro benzene ring substituents is 2. The summed E-state index contributed by atoms with van der Waals surface area (Å²) in [5, 5.41) is 23.2. The van der Waals surface area contributed by atoms with E-state index in [1.54, 1.807) is 12.1 Å². The highest BCUT2D eigenvalue weighted by Gasteiger charge is 2.37. The molecule has 0 aliphatic carbocycles. The van der Waals surface area contributed by atoms with Gasteiger partial charge in [0.25, 0.3) is 11.4 Å². The van der Waals surface area contributed by atoms with Crippen molar-refractivity contribution in [1.82, 2.24) is 4.67 Å². The van der Waals surface area contributed by atoms with Gasteiger partial charge in [-0.2, -0.15) is 0 Å². The monoisotopic (exact) mass is 419 g/mol. The van der Waals surface area contributed by atoms with Crippen LogP contribution in [0.25, 0.3) is 0 Å². The quantitative estimate of drug-likeness (QED) is 0.340. The zero-order valence-electron chi connectivity index (χ0n) is 17.0. The molecule has 0 fully saturated rings. The highest BCUT2D eigenvalue weighted by atomic mass is 31.2. The molecule has 29 heavy (non-hydrogen) atoms. The second kappa shape index (κ2) is 9.29. The van der Waals surface area contributed by atoms with E-state index in [1.165, 1.54) is 36.4 Å². The lowest BCUT2D eigenvalue weighted by Gasteiger charge is -2.34. The number of nitrogens with zero attached hydrogens (tertiary/aromatic N) is 3. The zero-order chi connectivity index (χ0) is 21.8. The van der Waals surface area contributed by atoms with Gasteiger partial charge >= 0.3 is 0 Å². The maximum Gasteiger partial charge on any atom is 0.270 e. The normalized spacial score (nSPS) is 12.0. The first-order valence-electron chi connectivity index (χ1n) is 9.41. The van der Waals surface area contributed by atoms with Gasteiger partial charge in [0.2, 0.25) is 7.29 Å². The van der Waals surface area contributed by atoms with Gasteiger partial charge in [-0.1, -0.05) is 39.8 Å². The summed E-state index contributed by atoms with van der Waals surface area (Å²) in [6.45, 7) is 8.97. The maximum absolute atomic E-state index is 14.6. The van der Waals surface area contributed by atoms with E-state index in [1.807, 2.05) is 32.4 Å². The van der Waals surface area contributed by atoms with Gasteiger partial charge < -0.3 is 0 Å². The standard InChI is InChI=1S/C20H26N3O5P/c1-15(2)13-21(14-16(3)4)29(28,19-9-5-7-17(11-19)22(24)25)20-10-6-8-18(12-20)23(26)27/h5-12,15-16H,13-14H2,1-4H3. The lowest BCUT2D eigenvalue weighted by atomic mass is 10.2. The van der Waals surface area contributed by atoms with Gasteiger partial charge in [-0.05, 0) is 24.0 Å². The highest BCUT2D eigenvalue weighted by molar-refractivity contribution is 7.76. The Labute approximate surface area is 170 Å². The smallest absolute Gasteiger partial charge is 0.270 e. The van der Waals surface area contributed by atoms with Crippen molar-refractivity contribution < 1.29 is 14.4 Å². The molecule has 0 aromatic heterocycles. The van der Waals surface area contributed by atoms with Crippen LogP contribution in [0.15, 0.2) is 48.5 Å². The SMILES string of the molecule is CC(C)CN(CC(C)C)P(=O)(c1cccc([N+](=O)[O-])c1)c1cccc([N+](=O)[O-])c1. The number of nitro groups is 2. The lowest BCUT2D eigenvalue weighted by molar-refractivity contribution is -0.384. The van der Waals surface area contributed by atoms with Gasteiger partial charge in [0.15, 0.2) is 0 Å². The fourth-order valence-electron chi connectivity index (χ4n) is 3.21. The van der Waals surface area contributed by atoms with Crippen LogP contribution in [-0.4, -0.2) is 27.6 Å². The van der Waals surface area contributed by atoms with Gasteiger partial charge in [0.1, 0.15) is 0 Å². The van der Waals surface area contributed by atoms with Crippen LogP contribution >= 0.6 is 7.29 Å². The molecule has 0 aliphatic heterocycles. The molecule has 0 heterocycles. The van der Waals surface area contributed by atoms with E-state index in [0.29, 0.717) is 23.7 Å². The summed E-state index contributed by atoms with van der Waals surface area (Å²) >= 11 is 0. The molecule has 2 aromatic carbocycles. The second-order valence-corrected chi connectivity index (χ2v) is 10.5. The summed E-state index contributed by atoms with van der Waals surface area (Å²) in [4.78, 5) is 21.5. The summed E-state index contributed by atoms with van der Waals surface area (Å²) < 4.78 is 16.5. The van der Waals surface area contributed by atoms with E-state index in [0.717, 1.165) is 0 Å². The third kappa shape index (κ3) is 5.28. The first kappa shape index (κ1) is 22.7. The minimum atomic E-state index is -3.55. The van der Waals surface area contributed by atoms with E-state index >= 15 is 0 Å². The summed E-state index contributed by atoms with van der Waals surface area (Å²) in [5.41, 5.74) is -0.329. The molecule has 0 N–H and O–H groups in total. The molecule has 156 valence electrons. The van der Waals surface area contributed by atoms with Crippen LogP contribution in [0.3, 0.4) is 0 Å². The van der Waals surface area contributed by atoms with Gasteiger partial charge in [-0.15, -0.1) is 0 Å². The van der Waals surface area contributed by atoms with Crippen molar-refractivity contribution in [3.05, 3.63) is 68.8 Å². The Kier molecular flexibility index (Phi) is 7.27. The average molecular weight is 419 g/mol. The fraction of sp³-hybridized carbons (Fsp3) is 0.400. The number of rotatable bonds is 9. The Balaban J connectivity index is 2.77. The van der Waals surface area contributed by atoms with Gasteiger partial charge in [0, 0.05) is 48.0 Å². The average Bonchev–Trinajstić information content (AvgIpc) is 2.66. The molecule has 0 radical (unpaired) electrons. The van der Waals surface area contributed by atoms with E-state index < -0.39 is 17.1 Å². The molecule has 0 aliphatic rings. The maximum atomic E-state index is 14.6. The molecule has 0 saturated heterocycles. The zero-order valence-corrected chi connectivity index (χ0v) is 17.9. The minimum absolute atomic E-state index is 0.165. The number of benzene rings is 2. The molecule has 0 amide bonds. The molecule has 2 rings (SSSR count). The lowest BCUT2D eigenvalue weighted by Crippen LogP contribution is -2.37. The summed E-state index contributed by atoms with van der Waals surface area (Å²) in [6, 6.07) is 11.5. The molecule has 0 unspecified atom stereocenters. The summed E-state index contributed by atoms with van der Waals surface area (Å²) in [5.74, 6) is 0.360. The van der Waals surface area contributed by atoms with Crippen LogP contribution in [-0.2, 0) is 4.57 Å². The fourth-order valence-corrected chi connectivity index (χ4v) is 6.47. The molecular weight excluding hydrogens is 393 g/mol. The highest BCUT2D eigenvalue weighted by Crippen LogP contribution is 2.49. The van der Waals surface area contributed by atoms with Crippen molar-refractivity contribution in [2.24, 2.45) is 11.8 Å². The molecule has 2 aromatic rings. The predicted octanol–water partition coefficient (Wildman–Crippen LogP) is 4.35. The Morgan fingerprint density at radius 3 is 1.52 bits per heavy atom. The van der Waals surface area contributed by atoms with Crippen LogP contribution in [0.5, 0.6) is 0 Å². The van der Waals surface area contributed by atoms with Gasteiger partial charge in [-0.25, -0.2) is 4.67 Å². The molecule has 0 atom stereocenters. The molecular formula is C20H26N3O5P. The van der Waals surface area contributed by atoms with Crippen molar-refractivity contribution >= 4 is 29.3 Å². The Hall–Kier alpha value is -2.57. The topological polar surface area (TPSA) is 107 Å². The number of non-ortho nitro benzene ring substituents is 2. The van der Waals surface area contributed by atoms with Gasteiger partial charge in [-0.3, -0.25) is 24.8 Å². The Morgan fingerprint density at radius 1 is 0.828 bits per heavy atom. The second-order valence-electron chi connectivity index (χ2n) is 7.79. The molecule has 0 saturated carbocycles. The summed E-state index contributed by atoms with van der Waals surface area (Å²) in [6.07, 6.45) is 0. The van der Waals surface area contributed by atoms with Crippen molar-refractivity contribution in [2.75, 3.05) is 13.1 Å². The van der Waals surface area contributed by atoms with E-state index in [-0.39, 0.29) is 23.2 Å². The molecule has 0 bridgehead atoms. The van der Waals surface area contributed by atoms with E-state index in [2.05, 4.69) is 0 Å². The van der Waals surface area contributed by atoms with Crippen molar-refractivity contribution in [3.8, 4) is 0 Å². The first-order valence-corrected chi connectivity index (χ1v) is 11.1. The molecule has 9 heteroatoms. The van der Waals surface area contributed by atoms with Crippen molar-refractivity contribution in [2.45, 2.75) is 27.7 Å². The molecule has 8 nitrogen and oxygen atoms in total. The molecule has 0 spiro atoms. The van der Waals surface area contributed by atoms with Crippen LogP contribution < -0.4 is 10.6 Å².